The van der Waals surface area contributed by atoms with Gasteiger partial charge in [-0.05, 0) is 127 Å². The molecule has 4 aromatic carbocycles. The molecule has 80 heavy (non-hydrogen) atoms. The summed E-state index contributed by atoms with van der Waals surface area (Å²) >= 11 is 10.9. The van der Waals surface area contributed by atoms with E-state index in [1.165, 1.54) is 27.2 Å². The molecule has 2 N–H and O–H groups in total. The highest BCUT2D eigenvalue weighted by Crippen LogP contribution is 2.71. The summed E-state index contributed by atoms with van der Waals surface area (Å²) in [6.07, 6.45) is 0. The number of thiophene rings is 6. The van der Waals surface area contributed by atoms with Gasteiger partial charge in [0.25, 0.3) is 0 Å². The van der Waals surface area contributed by atoms with E-state index in [0.29, 0.717) is 76.8 Å². The number of hydrogen-bond donors (Lipinski definition) is 2. The van der Waals surface area contributed by atoms with Crippen LogP contribution in [0, 0.1) is 0 Å². The molecular formula is C66H76O6S8. The van der Waals surface area contributed by atoms with Crippen LogP contribution in [0.4, 0.5) is 0 Å². The van der Waals surface area contributed by atoms with E-state index in [4.69, 9.17) is 18.9 Å². The number of methoxy groups -OCH3 is 4. The van der Waals surface area contributed by atoms with Crippen LogP contribution in [0.25, 0.3) is 47.7 Å². The predicted molar refractivity (Wildman–Crippen MR) is 356 cm³/mol. The molecule has 0 aliphatic heterocycles. The van der Waals surface area contributed by atoms with E-state index in [0.717, 1.165) is 40.0 Å². The molecule has 6 heterocycles. The Morgan fingerprint density at radius 2 is 0.575 bits per heavy atom. The van der Waals surface area contributed by atoms with Crippen LogP contribution in [0.2, 0.25) is 0 Å². The molecule has 10 rings (SSSR count). The van der Waals surface area contributed by atoms with Gasteiger partial charge in [-0.3, -0.25) is 0 Å². The van der Waals surface area contributed by atoms with Crippen LogP contribution in [0.5, 0.6) is 23.0 Å². The van der Waals surface area contributed by atoms with Gasteiger partial charge in [-0.15, -0.1) is 68.0 Å². The van der Waals surface area contributed by atoms with Crippen LogP contribution in [-0.2, 0) is 11.2 Å². The highest BCUT2D eigenvalue weighted by Gasteiger charge is 2.47. The minimum absolute atomic E-state index is 0.521. The molecule has 6 nitrogen and oxygen atoms in total. The number of fused-ring (bicyclic) bond motifs is 3. The van der Waals surface area contributed by atoms with E-state index < -0.39 is 31.3 Å². The van der Waals surface area contributed by atoms with Crippen molar-refractivity contribution in [2.45, 2.75) is 134 Å². The largest absolute Gasteiger partial charge is 0.497 e. The molecule has 0 fully saturated rings. The maximum absolute atomic E-state index is 14.5. The second-order valence-electron chi connectivity index (χ2n) is 22.2. The van der Waals surface area contributed by atoms with Gasteiger partial charge in [0.2, 0.25) is 0 Å². The van der Waals surface area contributed by atoms with Crippen molar-refractivity contribution in [3.63, 3.8) is 0 Å². The van der Waals surface area contributed by atoms with Crippen molar-refractivity contribution in [3.8, 4) is 42.5 Å². The van der Waals surface area contributed by atoms with E-state index in [-0.39, 0.29) is 0 Å². The first-order valence-electron chi connectivity index (χ1n) is 27.4. The molecule has 6 aromatic heterocycles. The minimum Gasteiger partial charge on any atom is -0.497 e. The summed E-state index contributed by atoms with van der Waals surface area (Å²) in [7, 11) is 4.32. The fourth-order valence-electron chi connectivity index (χ4n) is 13.0. The number of hydrogen-bond acceptors (Lipinski definition) is 12. The summed E-state index contributed by atoms with van der Waals surface area (Å²) in [5.74, 6) is 2.77. The lowest BCUT2D eigenvalue weighted by Gasteiger charge is -2.50. The Labute approximate surface area is 501 Å². The second kappa shape index (κ2) is 22.7. The number of ether oxygens (including phenoxy) is 4. The summed E-state index contributed by atoms with van der Waals surface area (Å²) in [5, 5.41) is 32.2. The molecular weight excluding hydrogens is 1150 g/mol. The van der Waals surface area contributed by atoms with Crippen LogP contribution in [-0.4, -0.2) is 70.2 Å². The Hall–Kier alpha value is -4.32. The molecule has 0 saturated carbocycles. The van der Waals surface area contributed by atoms with Crippen molar-refractivity contribution in [2.24, 2.45) is 0 Å². The SMILES string of the molecule is COc1ccc(C(O)(c2ccc(OC)cc2)c2c(-c3cc4sc(S(C(C)C)(C(C)C)C(C)C)cc4s3)sc3c(C(O)(c4ccc(OC)cc4)c4ccc(OC)cc4)c(-c4cc5sc(S(C(C)C)(C(C)C)C(C)C)cc5s4)sc23)cc1. The van der Waals surface area contributed by atoms with Crippen molar-refractivity contribution in [3.05, 3.63) is 155 Å². The first-order chi connectivity index (χ1) is 38.1. The van der Waals surface area contributed by atoms with Crippen LogP contribution >= 0.6 is 88.1 Å². The lowest BCUT2D eigenvalue weighted by Crippen LogP contribution is -2.29. The summed E-state index contributed by atoms with van der Waals surface area (Å²) in [6.45, 7) is 29.0. The predicted octanol–water partition coefficient (Wildman–Crippen LogP) is 20.2. The van der Waals surface area contributed by atoms with E-state index in [1.54, 1.807) is 73.8 Å². The van der Waals surface area contributed by atoms with Gasteiger partial charge in [0.1, 0.15) is 34.2 Å². The van der Waals surface area contributed by atoms with Gasteiger partial charge >= 0.3 is 0 Å². The Bertz CT molecular complexity index is 3320. The Balaban J connectivity index is 1.35. The van der Waals surface area contributed by atoms with Crippen molar-refractivity contribution < 1.29 is 29.2 Å². The Morgan fingerprint density at radius 1 is 0.338 bits per heavy atom. The molecule has 0 bridgehead atoms. The maximum Gasteiger partial charge on any atom is 0.143 e. The summed E-state index contributed by atoms with van der Waals surface area (Å²) in [4.78, 5) is 4.05. The third kappa shape index (κ3) is 9.38. The quantitative estimate of drug-likeness (QED) is 0.0792. The van der Waals surface area contributed by atoms with Crippen LogP contribution in [0.15, 0.2) is 130 Å². The third-order valence-corrected chi connectivity index (χ3v) is 36.8. The average molecular weight is 1220 g/mol. The van der Waals surface area contributed by atoms with Gasteiger partial charge < -0.3 is 29.2 Å². The molecule has 0 saturated heterocycles. The fraction of sp³-hybridized carbons (Fsp3) is 0.364. The van der Waals surface area contributed by atoms with Crippen molar-refractivity contribution >= 4 is 116 Å². The molecule has 0 atom stereocenters. The fourth-order valence-corrected chi connectivity index (χ4v) is 35.9. The molecule has 0 aliphatic carbocycles. The number of benzene rings is 4. The van der Waals surface area contributed by atoms with Crippen LogP contribution < -0.4 is 18.9 Å². The van der Waals surface area contributed by atoms with E-state index in [2.05, 4.69) is 107 Å². The minimum atomic E-state index is -1.71. The smallest absolute Gasteiger partial charge is 0.143 e. The number of aliphatic hydroxyl groups is 2. The van der Waals surface area contributed by atoms with Gasteiger partial charge in [0, 0.05) is 48.1 Å². The van der Waals surface area contributed by atoms with Gasteiger partial charge in [0.05, 0.1) is 47.6 Å². The van der Waals surface area contributed by atoms with Gasteiger partial charge in [0.15, 0.2) is 0 Å². The van der Waals surface area contributed by atoms with E-state index in [9.17, 15) is 10.2 Å². The molecule has 0 unspecified atom stereocenters. The van der Waals surface area contributed by atoms with Crippen LogP contribution in [0.3, 0.4) is 0 Å². The molecule has 424 valence electrons. The molecule has 14 heteroatoms. The van der Waals surface area contributed by atoms with E-state index >= 15 is 0 Å². The summed E-state index contributed by atoms with van der Waals surface area (Å²) in [6, 6.07) is 41.1. The molecule has 0 radical (unpaired) electrons. The zero-order valence-electron chi connectivity index (χ0n) is 48.8. The second-order valence-corrected chi connectivity index (χ2v) is 38.7. The first-order valence-corrected chi connectivity index (χ1v) is 36.0. The highest BCUT2D eigenvalue weighted by molar-refractivity contribution is 8.36. The van der Waals surface area contributed by atoms with Gasteiger partial charge in [-0.25, -0.2) is 0 Å². The molecule has 0 spiro atoms. The summed E-state index contributed by atoms with van der Waals surface area (Å²) < 4.78 is 32.8. The third-order valence-electron chi connectivity index (χ3n) is 16.5. The van der Waals surface area contributed by atoms with Gasteiger partial charge in [-0.2, -0.15) is 20.1 Å². The average Bonchev–Trinajstić information content (AvgIpc) is 4.41. The molecule has 0 amide bonds. The normalized spacial score (nSPS) is 13.4. The Kier molecular flexibility index (Phi) is 16.7. The van der Waals surface area contributed by atoms with Crippen molar-refractivity contribution in [1.82, 2.24) is 0 Å². The maximum atomic E-state index is 14.5. The lowest BCUT2D eigenvalue weighted by atomic mass is 9.78. The zero-order valence-corrected chi connectivity index (χ0v) is 55.3. The van der Waals surface area contributed by atoms with Crippen molar-refractivity contribution in [2.75, 3.05) is 28.4 Å². The first kappa shape index (κ1) is 58.9. The monoisotopic (exact) mass is 1220 g/mol. The lowest BCUT2D eigenvalue weighted by molar-refractivity contribution is 0.127. The van der Waals surface area contributed by atoms with E-state index in [1.807, 2.05) is 120 Å². The van der Waals surface area contributed by atoms with Crippen LogP contribution in [0.1, 0.15) is 116 Å². The topological polar surface area (TPSA) is 77.4 Å². The highest BCUT2D eigenvalue weighted by atomic mass is 32.3. The molecule has 0 aliphatic rings. The van der Waals surface area contributed by atoms with Gasteiger partial charge in [-0.1, -0.05) is 132 Å². The standard InChI is InChI=1S/C66H76O6S8/c1-37(2)79(38(3)4,39(5)6)57-35-53-51(75-57)33-55(73-53)61-59(65(67,43-17-25-47(69-13)26-18-43)44-19-27-48(70-14)28-20-44)63-64(77-61)60(66(68,45-21-29-49(71-15)30-22-45)46-23-31-50(72-16)32-24-46)62(78-63)56-34-52-54(74-56)36-58(76-52)80(40(7)8,41(9)10)42(11)12/h17-42,67-68H,1-16H3. The summed E-state index contributed by atoms with van der Waals surface area (Å²) in [5.41, 5.74) is 0.901. The number of rotatable bonds is 20. The van der Waals surface area contributed by atoms with Crippen molar-refractivity contribution in [1.29, 1.82) is 0 Å². The zero-order chi connectivity index (χ0) is 57.4. The molecule has 10 aromatic rings. The Morgan fingerprint density at radius 3 is 0.787 bits per heavy atom.